The van der Waals surface area contributed by atoms with Gasteiger partial charge >= 0.3 is 0 Å². The lowest BCUT2D eigenvalue weighted by atomic mass is 10.2. The SMILES string of the molecule is CONCc1cc(Br)cc(F)c1Cl. The maximum absolute atomic E-state index is 13.0. The molecule has 0 saturated heterocycles. The van der Waals surface area contributed by atoms with Gasteiger partial charge in [-0.3, -0.25) is 0 Å². The summed E-state index contributed by atoms with van der Waals surface area (Å²) in [4.78, 5) is 4.63. The van der Waals surface area contributed by atoms with Gasteiger partial charge in [0.1, 0.15) is 5.82 Å². The summed E-state index contributed by atoms with van der Waals surface area (Å²) >= 11 is 8.88. The summed E-state index contributed by atoms with van der Waals surface area (Å²) in [5.41, 5.74) is 3.24. The maximum atomic E-state index is 13.0. The van der Waals surface area contributed by atoms with Gasteiger partial charge in [-0.25, -0.2) is 4.39 Å². The molecule has 1 aromatic carbocycles. The summed E-state index contributed by atoms with van der Waals surface area (Å²) in [7, 11) is 1.49. The zero-order chi connectivity index (χ0) is 9.84. The summed E-state index contributed by atoms with van der Waals surface area (Å²) in [6.45, 7) is 0.367. The molecule has 13 heavy (non-hydrogen) atoms. The molecule has 0 bridgehead atoms. The van der Waals surface area contributed by atoms with Crippen molar-refractivity contribution in [3.8, 4) is 0 Å². The zero-order valence-electron chi connectivity index (χ0n) is 6.90. The minimum Gasteiger partial charge on any atom is -0.305 e. The van der Waals surface area contributed by atoms with Gasteiger partial charge in [-0.15, -0.1) is 0 Å². The van der Waals surface area contributed by atoms with Crippen LogP contribution >= 0.6 is 27.5 Å². The summed E-state index contributed by atoms with van der Waals surface area (Å²) in [6, 6.07) is 3.05. The summed E-state index contributed by atoms with van der Waals surface area (Å²) in [5, 5.41) is 0.118. The largest absolute Gasteiger partial charge is 0.305 e. The number of hydrogen-bond donors (Lipinski definition) is 1. The third kappa shape index (κ3) is 2.91. The predicted octanol–water partition coefficient (Wildman–Crippen LogP) is 2.89. The molecule has 0 aliphatic heterocycles. The van der Waals surface area contributed by atoms with E-state index in [1.165, 1.54) is 13.2 Å². The van der Waals surface area contributed by atoms with Crippen LogP contribution < -0.4 is 5.48 Å². The highest BCUT2D eigenvalue weighted by molar-refractivity contribution is 9.10. The topological polar surface area (TPSA) is 21.3 Å². The Bertz CT molecular complexity index is 308. The van der Waals surface area contributed by atoms with E-state index in [0.717, 1.165) is 0 Å². The zero-order valence-corrected chi connectivity index (χ0v) is 9.25. The van der Waals surface area contributed by atoms with Gasteiger partial charge in [-0.2, -0.15) is 5.48 Å². The number of benzene rings is 1. The normalized spacial score (nSPS) is 10.5. The molecule has 0 heterocycles. The van der Waals surface area contributed by atoms with Gasteiger partial charge in [-0.1, -0.05) is 27.5 Å². The summed E-state index contributed by atoms with van der Waals surface area (Å²) in [5.74, 6) is -0.441. The first-order valence-electron chi connectivity index (χ1n) is 3.54. The Labute approximate surface area is 89.1 Å². The predicted molar refractivity (Wildman–Crippen MR) is 53.0 cm³/mol. The van der Waals surface area contributed by atoms with Gasteiger partial charge in [0.25, 0.3) is 0 Å². The molecule has 2 nitrogen and oxygen atoms in total. The van der Waals surface area contributed by atoms with Gasteiger partial charge in [0.2, 0.25) is 0 Å². The lowest BCUT2D eigenvalue weighted by molar-refractivity contribution is 0.0866. The molecule has 0 saturated carbocycles. The fourth-order valence-electron chi connectivity index (χ4n) is 0.888. The van der Waals surface area contributed by atoms with E-state index in [2.05, 4.69) is 26.2 Å². The lowest BCUT2D eigenvalue weighted by Crippen LogP contribution is -2.11. The lowest BCUT2D eigenvalue weighted by Gasteiger charge is -2.06. The summed E-state index contributed by atoms with van der Waals surface area (Å²) < 4.78 is 13.7. The van der Waals surface area contributed by atoms with Crippen molar-refractivity contribution in [3.05, 3.63) is 33.0 Å². The monoisotopic (exact) mass is 267 g/mol. The smallest absolute Gasteiger partial charge is 0.143 e. The van der Waals surface area contributed by atoms with Crippen LogP contribution in [0.1, 0.15) is 5.56 Å². The van der Waals surface area contributed by atoms with Crippen molar-refractivity contribution in [2.45, 2.75) is 6.54 Å². The molecule has 0 spiro atoms. The Morgan fingerprint density at radius 1 is 1.62 bits per heavy atom. The molecule has 1 aromatic rings. The van der Waals surface area contributed by atoms with Crippen molar-refractivity contribution >= 4 is 27.5 Å². The molecule has 5 heteroatoms. The van der Waals surface area contributed by atoms with Gasteiger partial charge in [0.15, 0.2) is 0 Å². The molecule has 0 aromatic heterocycles. The number of rotatable bonds is 3. The van der Waals surface area contributed by atoms with Crippen LogP contribution in [-0.2, 0) is 11.4 Å². The van der Waals surface area contributed by atoms with E-state index >= 15 is 0 Å². The van der Waals surface area contributed by atoms with E-state index in [1.54, 1.807) is 6.07 Å². The van der Waals surface area contributed by atoms with Crippen molar-refractivity contribution < 1.29 is 9.23 Å². The van der Waals surface area contributed by atoms with Gasteiger partial charge < -0.3 is 4.84 Å². The molecule has 0 aliphatic carbocycles. The second kappa shape index (κ2) is 4.91. The van der Waals surface area contributed by atoms with Crippen LogP contribution in [0.15, 0.2) is 16.6 Å². The van der Waals surface area contributed by atoms with E-state index in [1.807, 2.05) is 0 Å². The van der Waals surface area contributed by atoms with E-state index in [-0.39, 0.29) is 5.02 Å². The fourth-order valence-corrected chi connectivity index (χ4v) is 1.54. The molecule has 0 unspecified atom stereocenters. The fraction of sp³-hybridized carbons (Fsp3) is 0.250. The number of nitrogens with one attached hydrogen (secondary N) is 1. The Kier molecular flexibility index (Phi) is 4.12. The molecule has 1 N–H and O–H groups in total. The van der Waals surface area contributed by atoms with Crippen molar-refractivity contribution in [2.24, 2.45) is 0 Å². The van der Waals surface area contributed by atoms with Crippen LogP contribution in [0, 0.1) is 5.82 Å². The Balaban J connectivity index is 2.92. The van der Waals surface area contributed by atoms with Crippen molar-refractivity contribution in [1.82, 2.24) is 5.48 Å². The first-order chi connectivity index (χ1) is 6.15. The van der Waals surface area contributed by atoms with E-state index < -0.39 is 5.82 Å². The van der Waals surface area contributed by atoms with Gasteiger partial charge in [-0.05, 0) is 17.7 Å². The van der Waals surface area contributed by atoms with E-state index in [0.29, 0.717) is 16.6 Å². The average molecular weight is 269 g/mol. The first kappa shape index (κ1) is 10.9. The molecular weight excluding hydrogens is 260 g/mol. The summed E-state index contributed by atoms with van der Waals surface area (Å²) in [6.07, 6.45) is 0. The second-order valence-electron chi connectivity index (χ2n) is 2.39. The minimum atomic E-state index is -0.441. The highest BCUT2D eigenvalue weighted by Crippen LogP contribution is 2.24. The highest BCUT2D eigenvalue weighted by atomic mass is 79.9. The molecule has 0 radical (unpaired) electrons. The van der Waals surface area contributed by atoms with Crippen molar-refractivity contribution in [3.63, 3.8) is 0 Å². The Morgan fingerprint density at radius 2 is 2.31 bits per heavy atom. The quantitative estimate of drug-likeness (QED) is 0.672. The molecule has 0 atom stereocenters. The van der Waals surface area contributed by atoms with Crippen LogP contribution in [-0.4, -0.2) is 7.11 Å². The molecular formula is C8H8BrClFNO. The molecule has 0 amide bonds. The molecule has 0 aliphatic rings. The number of hydrogen-bond acceptors (Lipinski definition) is 2. The molecule has 72 valence electrons. The van der Waals surface area contributed by atoms with Crippen molar-refractivity contribution in [2.75, 3.05) is 7.11 Å². The van der Waals surface area contributed by atoms with Crippen molar-refractivity contribution in [1.29, 1.82) is 0 Å². The Hall–Kier alpha value is -0.160. The van der Waals surface area contributed by atoms with Crippen LogP contribution in [0.4, 0.5) is 4.39 Å². The van der Waals surface area contributed by atoms with Crippen LogP contribution in [0.2, 0.25) is 5.02 Å². The second-order valence-corrected chi connectivity index (χ2v) is 3.68. The third-order valence-corrected chi connectivity index (χ3v) is 2.36. The van der Waals surface area contributed by atoms with E-state index in [4.69, 9.17) is 11.6 Å². The van der Waals surface area contributed by atoms with Crippen LogP contribution in [0.3, 0.4) is 0 Å². The maximum Gasteiger partial charge on any atom is 0.143 e. The molecule has 1 rings (SSSR count). The molecule has 0 fully saturated rings. The average Bonchev–Trinajstić information content (AvgIpc) is 2.09. The highest BCUT2D eigenvalue weighted by Gasteiger charge is 2.07. The van der Waals surface area contributed by atoms with Crippen LogP contribution in [0.25, 0.3) is 0 Å². The standard InChI is InChI=1S/C8H8BrClFNO/c1-13-12-4-5-2-6(9)3-7(11)8(5)10/h2-3,12H,4H2,1H3. The van der Waals surface area contributed by atoms with Gasteiger partial charge in [0.05, 0.1) is 12.1 Å². The Morgan fingerprint density at radius 3 is 2.92 bits per heavy atom. The van der Waals surface area contributed by atoms with Gasteiger partial charge in [0, 0.05) is 11.0 Å². The minimum absolute atomic E-state index is 0.118. The number of halogens is 3. The van der Waals surface area contributed by atoms with Crippen LogP contribution in [0.5, 0.6) is 0 Å². The van der Waals surface area contributed by atoms with E-state index in [9.17, 15) is 4.39 Å². The first-order valence-corrected chi connectivity index (χ1v) is 4.71. The third-order valence-electron chi connectivity index (χ3n) is 1.48. The number of hydroxylamine groups is 1.